The van der Waals surface area contributed by atoms with E-state index >= 15 is 0 Å². The summed E-state index contributed by atoms with van der Waals surface area (Å²) in [6.07, 6.45) is 5.56. The van der Waals surface area contributed by atoms with Crippen molar-refractivity contribution in [2.75, 3.05) is 4.90 Å². The first-order valence-corrected chi connectivity index (χ1v) is 10.7. The fourth-order valence-corrected chi connectivity index (χ4v) is 5.10. The number of halogens is 1. The van der Waals surface area contributed by atoms with Crippen LogP contribution in [0.3, 0.4) is 0 Å². The highest BCUT2D eigenvalue weighted by molar-refractivity contribution is 9.10. The summed E-state index contributed by atoms with van der Waals surface area (Å²) in [5.74, 6) is 0.359. The molecule has 2 aromatic carbocycles. The number of carbonyl (C=O) groups excluding carboxylic acids is 1. The molecule has 5 heteroatoms. The molecule has 1 heterocycles. The van der Waals surface area contributed by atoms with E-state index in [1.165, 1.54) is 6.42 Å². The summed E-state index contributed by atoms with van der Waals surface area (Å²) in [5, 5.41) is 0.803. The van der Waals surface area contributed by atoms with Crippen LogP contribution in [0.25, 0.3) is 10.2 Å². The molecular weight excluding hydrogens is 408 g/mol. The van der Waals surface area contributed by atoms with Crippen LogP contribution in [0.2, 0.25) is 0 Å². The zero-order chi connectivity index (χ0) is 17.9. The summed E-state index contributed by atoms with van der Waals surface area (Å²) in [6.45, 7) is 0.581. The number of amides is 1. The summed E-state index contributed by atoms with van der Waals surface area (Å²) in [4.78, 5) is 20.0. The van der Waals surface area contributed by atoms with Gasteiger partial charge >= 0.3 is 0 Å². The largest absolute Gasteiger partial charge is 0.283 e. The average molecular weight is 429 g/mol. The Labute approximate surface area is 166 Å². The minimum Gasteiger partial charge on any atom is -0.283 e. The molecule has 0 aliphatic heterocycles. The molecule has 134 valence electrons. The third-order valence-electron chi connectivity index (χ3n) is 4.97. The molecule has 0 N–H and O–H groups in total. The van der Waals surface area contributed by atoms with Crippen molar-refractivity contribution < 1.29 is 4.79 Å². The monoisotopic (exact) mass is 428 g/mol. The first-order chi connectivity index (χ1) is 12.7. The van der Waals surface area contributed by atoms with Crippen LogP contribution in [0, 0.1) is 5.92 Å². The van der Waals surface area contributed by atoms with Crippen LogP contribution < -0.4 is 4.90 Å². The summed E-state index contributed by atoms with van der Waals surface area (Å²) in [7, 11) is 0. The van der Waals surface area contributed by atoms with Gasteiger partial charge in [-0.2, -0.15) is 0 Å². The first kappa shape index (κ1) is 17.7. The standard InChI is InChI=1S/C21H21BrN2OS/c22-17-11-12-18-19(13-17)26-21(23-18)24(14-15-7-3-1-4-8-15)20(25)16-9-5-2-6-10-16/h1,3-4,7-8,11-13,16H,2,5-6,9-10,14H2. The third-order valence-corrected chi connectivity index (χ3v) is 6.51. The molecule has 1 amide bonds. The molecule has 1 saturated carbocycles. The van der Waals surface area contributed by atoms with Crippen LogP contribution in [0.15, 0.2) is 53.0 Å². The van der Waals surface area contributed by atoms with Gasteiger partial charge in [0.1, 0.15) is 0 Å². The number of thiazole rings is 1. The number of rotatable bonds is 4. The van der Waals surface area contributed by atoms with Crippen molar-refractivity contribution in [1.29, 1.82) is 0 Å². The first-order valence-electron chi connectivity index (χ1n) is 9.12. The molecule has 1 aromatic heterocycles. The number of benzene rings is 2. The van der Waals surface area contributed by atoms with Crippen LogP contribution in [0.1, 0.15) is 37.7 Å². The SMILES string of the molecule is O=C(C1CCCCC1)N(Cc1ccccc1)c1nc2ccc(Br)cc2s1. The van der Waals surface area contributed by atoms with Crippen molar-refractivity contribution in [3.8, 4) is 0 Å². The Hall–Kier alpha value is -1.72. The molecule has 0 unspecified atom stereocenters. The van der Waals surface area contributed by atoms with Crippen LogP contribution in [0.4, 0.5) is 5.13 Å². The zero-order valence-corrected chi connectivity index (χ0v) is 16.9. The van der Waals surface area contributed by atoms with Crippen molar-refractivity contribution in [2.24, 2.45) is 5.92 Å². The third kappa shape index (κ3) is 3.84. The summed E-state index contributed by atoms with van der Waals surface area (Å²) < 4.78 is 2.14. The molecule has 1 fully saturated rings. The van der Waals surface area contributed by atoms with Crippen molar-refractivity contribution in [3.63, 3.8) is 0 Å². The quantitative estimate of drug-likeness (QED) is 0.497. The molecule has 0 spiro atoms. The number of aromatic nitrogens is 1. The number of fused-ring (bicyclic) bond motifs is 1. The van der Waals surface area contributed by atoms with Gasteiger partial charge in [0, 0.05) is 10.4 Å². The average Bonchev–Trinajstić information content (AvgIpc) is 3.10. The van der Waals surface area contributed by atoms with Gasteiger partial charge in [-0.1, -0.05) is 76.9 Å². The van der Waals surface area contributed by atoms with Crippen LogP contribution in [-0.4, -0.2) is 10.9 Å². The Balaban J connectivity index is 1.69. The van der Waals surface area contributed by atoms with Crippen molar-refractivity contribution in [3.05, 3.63) is 58.6 Å². The van der Waals surface area contributed by atoms with Crippen molar-refractivity contribution in [2.45, 2.75) is 38.6 Å². The van der Waals surface area contributed by atoms with Gasteiger partial charge in [-0.05, 0) is 36.6 Å². The Morgan fingerprint density at radius 2 is 1.88 bits per heavy atom. The highest BCUT2D eigenvalue weighted by atomic mass is 79.9. The van der Waals surface area contributed by atoms with Gasteiger partial charge in [0.25, 0.3) is 0 Å². The second kappa shape index (κ2) is 7.89. The molecule has 0 atom stereocenters. The Kier molecular flexibility index (Phi) is 5.36. The van der Waals surface area contributed by atoms with Crippen molar-refractivity contribution >= 4 is 48.5 Å². The predicted octanol–water partition coefficient (Wildman–Crippen LogP) is 6.17. The van der Waals surface area contributed by atoms with E-state index in [1.807, 2.05) is 35.2 Å². The second-order valence-electron chi connectivity index (χ2n) is 6.85. The number of anilines is 1. The maximum absolute atomic E-state index is 13.3. The van der Waals surface area contributed by atoms with Crippen LogP contribution in [0.5, 0.6) is 0 Å². The number of hydrogen-bond donors (Lipinski definition) is 0. The van der Waals surface area contributed by atoms with E-state index in [1.54, 1.807) is 11.3 Å². The Morgan fingerprint density at radius 3 is 2.65 bits per heavy atom. The summed E-state index contributed by atoms with van der Waals surface area (Å²) >= 11 is 5.12. The number of hydrogen-bond acceptors (Lipinski definition) is 3. The highest BCUT2D eigenvalue weighted by Crippen LogP contribution is 2.34. The van der Waals surface area contributed by atoms with Crippen molar-refractivity contribution in [1.82, 2.24) is 4.98 Å². The lowest BCUT2D eigenvalue weighted by atomic mass is 9.88. The van der Waals surface area contributed by atoms with E-state index < -0.39 is 0 Å². The van der Waals surface area contributed by atoms with E-state index in [4.69, 9.17) is 4.98 Å². The molecule has 0 radical (unpaired) electrons. The second-order valence-corrected chi connectivity index (χ2v) is 8.78. The topological polar surface area (TPSA) is 33.2 Å². The summed E-state index contributed by atoms with van der Waals surface area (Å²) in [5.41, 5.74) is 2.08. The van der Waals surface area contributed by atoms with Crippen LogP contribution >= 0.6 is 27.3 Å². The van der Waals surface area contributed by atoms with E-state index in [0.717, 1.165) is 51.1 Å². The van der Waals surface area contributed by atoms with Gasteiger partial charge in [-0.25, -0.2) is 4.98 Å². The number of nitrogens with zero attached hydrogens (tertiary/aromatic N) is 2. The van der Waals surface area contributed by atoms with E-state index in [-0.39, 0.29) is 11.8 Å². The minimum atomic E-state index is 0.131. The lowest BCUT2D eigenvalue weighted by Gasteiger charge is -2.27. The lowest BCUT2D eigenvalue weighted by Crippen LogP contribution is -2.36. The molecule has 3 nitrogen and oxygen atoms in total. The fourth-order valence-electron chi connectivity index (χ4n) is 3.58. The van der Waals surface area contributed by atoms with Gasteiger partial charge in [-0.15, -0.1) is 0 Å². The molecule has 26 heavy (non-hydrogen) atoms. The fraction of sp³-hybridized carbons (Fsp3) is 0.333. The molecule has 0 saturated heterocycles. The van der Waals surface area contributed by atoms with Gasteiger partial charge in [0.15, 0.2) is 5.13 Å². The molecule has 1 aliphatic rings. The van der Waals surface area contributed by atoms with E-state index in [9.17, 15) is 4.79 Å². The Bertz CT molecular complexity index is 903. The van der Waals surface area contributed by atoms with Crippen LogP contribution in [-0.2, 0) is 11.3 Å². The van der Waals surface area contributed by atoms with Gasteiger partial charge in [0.05, 0.1) is 16.8 Å². The number of carbonyl (C=O) groups is 1. The summed E-state index contributed by atoms with van der Waals surface area (Å²) in [6, 6.07) is 16.3. The van der Waals surface area contributed by atoms with E-state index in [2.05, 4.69) is 34.1 Å². The highest BCUT2D eigenvalue weighted by Gasteiger charge is 2.28. The minimum absolute atomic E-state index is 0.131. The predicted molar refractivity (Wildman–Crippen MR) is 112 cm³/mol. The maximum atomic E-state index is 13.3. The van der Waals surface area contributed by atoms with Gasteiger partial charge < -0.3 is 0 Å². The van der Waals surface area contributed by atoms with E-state index in [0.29, 0.717) is 6.54 Å². The molecule has 1 aliphatic carbocycles. The van der Waals surface area contributed by atoms with Gasteiger partial charge in [0.2, 0.25) is 5.91 Å². The Morgan fingerprint density at radius 1 is 1.12 bits per heavy atom. The zero-order valence-electron chi connectivity index (χ0n) is 14.5. The smallest absolute Gasteiger partial charge is 0.232 e. The normalized spacial score (nSPS) is 15.3. The van der Waals surface area contributed by atoms with Gasteiger partial charge in [-0.3, -0.25) is 9.69 Å². The molecule has 0 bridgehead atoms. The lowest BCUT2D eigenvalue weighted by molar-refractivity contribution is -0.123. The molecular formula is C21H21BrN2OS. The molecule has 4 rings (SSSR count). The molecule has 3 aromatic rings. The maximum Gasteiger partial charge on any atom is 0.232 e.